The summed E-state index contributed by atoms with van der Waals surface area (Å²) < 4.78 is 0. The molecule has 0 saturated carbocycles. The topological polar surface area (TPSA) is 32.3 Å². The van der Waals surface area contributed by atoms with Crippen LogP contribution in [0, 0.1) is 5.92 Å². The predicted molar refractivity (Wildman–Crippen MR) is 61.6 cm³/mol. The minimum absolute atomic E-state index is 0.187. The highest BCUT2D eigenvalue weighted by molar-refractivity contribution is 7.10. The van der Waals surface area contributed by atoms with Crippen LogP contribution in [-0.2, 0) is 0 Å². The van der Waals surface area contributed by atoms with Gasteiger partial charge in [0.25, 0.3) is 0 Å². The van der Waals surface area contributed by atoms with E-state index in [0.717, 1.165) is 0 Å². The summed E-state index contributed by atoms with van der Waals surface area (Å²) in [7, 11) is 0. The second-order valence-electron chi connectivity index (χ2n) is 3.94. The Hall–Kier alpha value is -0.380. The quantitative estimate of drug-likeness (QED) is 0.787. The number of hydrogen-bond donors (Lipinski definition) is 2. The molecule has 0 bridgehead atoms. The lowest BCUT2D eigenvalue weighted by Crippen LogP contribution is -2.38. The molecule has 1 unspecified atom stereocenters. The first kappa shape index (κ1) is 11.7. The van der Waals surface area contributed by atoms with Gasteiger partial charge in [0.05, 0.1) is 6.61 Å². The van der Waals surface area contributed by atoms with Crippen LogP contribution in [0.3, 0.4) is 0 Å². The predicted octanol–water partition coefficient (Wildman–Crippen LogP) is 2.42. The second-order valence-corrected chi connectivity index (χ2v) is 4.92. The number of aliphatic hydroxyl groups is 1. The van der Waals surface area contributed by atoms with Crippen LogP contribution in [0.4, 0.5) is 0 Å². The highest BCUT2D eigenvalue weighted by Gasteiger charge is 2.15. The first-order valence-corrected chi connectivity index (χ1v) is 5.93. The smallest absolute Gasteiger partial charge is 0.0587 e. The highest BCUT2D eigenvalue weighted by Crippen LogP contribution is 2.19. The van der Waals surface area contributed by atoms with Gasteiger partial charge in [-0.1, -0.05) is 19.9 Å². The van der Waals surface area contributed by atoms with Gasteiger partial charge in [-0.3, -0.25) is 0 Å². The van der Waals surface area contributed by atoms with Crippen LogP contribution in [-0.4, -0.2) is 17.8 Å². The van der Waals surface area contributed by atoms with Crippen LogP contribution in [0.15, 0.2) is 17.5 Å². The molecule has 2 atom stereocenters. The van der Waals surface area contributed by atoms with Gasteiger partial charge >= 0.3 is 0 Å². The number of rotatable bonds is 5. The Labute approximate surface area is 90.0 Å². The van der Waals surface area contributed by atoms with Gasteiger partial charge in [0.15, 0.2) is 0 Å². The molecule has 0 amide bonds. The van der Waals surface area contributed by atoms with E-state index in [0.29, 0.717) is 12.0 Å². The molecule has 0 aliphatic rings. The minimum Gasteiger partial charge on any atom is -0.395 e. The van der Waals surface area contributed by atoms with Gasteiger partial charge in [-0.05, 0) is 24.3 Å². The van der Waals surface area contributed by atoms with Crippen molar-refractivity contribution in [1.29, 1.82) is 0 Å². The van der Waals surface area contributed by atoms with E-state index in [2.05, 4.69) is 43.6 Å². The van der Waals surface area contributed by atoms with Crippen LogP contribution >= 0.6 is 11.3 Å². The van der Waals surface area contributed by atoms with Crippen molar-refractivity contribution < 1.29 is 5.11 Å². The third kappa shape index (κ3) is 3.08. The maximum absolute atomic E-state index is 9.18. The van der Waals surface area contributed by atoms with Crippen molar-refractivity contribution in [2.45, 2.75) is 32.9 Å². The Morgan fingerprint density at radius 2 is 2.14 bits per heavy atom. The summed E-state index contributed by atoms with van der Waals surface area (Å²) in [5.74, 6) is 0.461. The average Bonchev–Trinajstić information content (AvgIpc) is 2.65. The van der Waals surface area contributed by atoms with Crippen LogP contribution in [0.2, 0.25) is 0 Å². The molecule has 1 aromatic heterocycles. The van der Waals surface area contributed by atoms with Crippen LogP contribution in [0.1, 0.15) is 31.7 Å². The standard InChI is InChI=1S/C11H19NOS/c1-8(2)10(7-13)12-9(3)11-5-4-6-14-11/h4-6,8-10,12-13H,7H2,1-3H3/t9?,10-/m1/s1. The van der Waals surface area contributed by atoms with E-state index in [1.54, 1.807) is 11.3 Å². The summed E-state index contributed by atoms with van der Waals surface area (Å²) in [5.41, 5.74) is 0. The van der Waals surface area contributed by atoms with Gasteiger partial charge in [0.2, 0.25) is 0 Å². The summed E-state index contributed by atoms with van der Waals surface area (Å²) in [4.78, 5) is 1.32. The molecule has 0 aliphatic heterocycles. The number of hydrogen-bond acceptors (Lipinski definition) is 3. The lowest BCUT2D eigenvalue weighted by Gasteiger charge is -2.24. The van der Waals surface area contributed by atoms with Crippen molar-refractivity contribution in [3.05, 3.63) is 22.4 Å². The normalized spacial score (nSPS) is 15.8. The number of thiophene rings is 1. The molecule has 2 N–H and O–H groups in total. The summed E-state index contributed by atoms with van der Waals surface area (Å²) in [6.45, 7) is 6.58. The third-order valence-corrected chi connectivity index (χ3v) is 3.49. The van der Waals surface area contributed by atoms with Gasteiger partial charge in [-0.15, -0.1) is 11.3 Å². The first-order valence-electron chi connectivity index (χ1n) is 5.05. The van der Waals surface area contributed by atoms with Crippen molar-refractivity contribution in [1.82, 2.24) is 5.32 Å². The zero-order valence-electron chi connectivity index (χ0n) is 9.03. The van der Waals surface area contributed by atoms with Gasteiger partial charge < -0.3 is 10.4 Å². The zero-order valence-corrected chi connectivity index (χ0v) is 9.84. The third-order valence-electron chi connectivity index (χ3n) is 2.44. The SMILES string of the molecule is CC(N[C@H](CO)C(C)C)c1cccs1. The van der Waals surface area contributed by atoms with Gasteiger partial charge in [-0.25, -0.2) is 0 Å². The molecule has 2 nitrogen and oxygen atoms in total. The molecule has 0 radical (unpaired) electrons. The molecule has 80 valence electrons. The molecular weight excluding hydrogens is 194 g/mol. The van der Waals surface area contributed by atoms with Gasteiger partial charge in [0.1, 0.15) is 0 Å². The second kappa shape index (κ2) is 5.49. The monoisotopic (exact) mass is 213 g/mol. The largest absolute Gasteiger partial charge is 0.395 e. The van der Waals surface area contributed by atoms with Gasteiger partial charge in [0, 0.05) is 17.0 Å². The molecule has 0 saturated heterocycles. The van der Waals surface area contributed by atoms with E-state index in [-0.39, 0.29) is 12.6 Å². The van der Waals surface area contributed by atoms with Crippen LogP contribution in [0.25, 0.3) is 0 Å². The molecule has 0 spiro atoms. The fourth-order valence-electron chi connectivity index (χ4n) is 1.40. The molecule has 1 rings (SSSR count). The van der Waals surface area contributed by atoms with E-state index in [4.69, 9.17) is 0 Å². The van der Waals surface area contributed by atoms with Gasteiger partial charge in [-0.2, -0.15) is 0 Å². The van der Waals surface area contributed by atoms with E-state index in [9.17, 15) is 5.11 Å². The summed E-state index contributed by atoms with van der Waals surface area (Å²) >= 11 is 1.75. The maximum atomic E-state index is 9.18. The number of aliphatic hydroxyl groups excluding tert-OH is 1. The summed E-state index contributed by atoms with van der Waals surface area (Å²) in [6, 6.07) is 4.69. The van der Waals surface area contributed by atoms with E-state index in [1.807, 2.05) is 0 Å². The Morgan fingerprint density at radius 3 is 2.57 bits per heavy atom. The van der Waals surface area contributed by atoms with Crippen LogP contribution < -0.4 is 5.32 Å². The van der Waals surface area contributed by atoms with E-state index >= 15 is 0 Å². The fourth-order valence-corrected chi connectivity index (χ4v) is 2.14. The molecule has 1 heterocycles. The van der Waals surface area contributed by atoms with Crippen molar-refractivity contribution in [3.8, 4) is 0 Å². The van der Waals surface area contributed by atoms with E-state index < -0.39 is 0 Å². The molecule has 0 aromatic carbocycles. The Bertz CT molecular complexity index is 246. The van der Waals surface area contributed by atoms with Crippen molar-refractivity contribution in [2.24, 2.45) is 5.92 Å². The number of nitrogens with one attached hydrogen (secondary N) is 1. The summed E-state index contributed by atoms with van der Waals surface area (Å²) in [5, 5.41) is 14.7. The molecule has 0 fully saturated rings. The molecular formula is C11H19NOS. The molecule has 0 aliphatic carbocycles. The minimum atomic E-state index is 0.187. The Kier molecular flexibility index (Phi) is 4.58. The Balaban J connectivity index is 2.51. The van der Waals surface area contributed by atoms with E-state index in [1.165, 1.54) is 4.88 Å². The fraction of sp³-hybridized carbons (Fsp3) is 0.636. The first-order chi connectivity index (χ1) is 6.65. The average molecular weight is 213 g/mol. The van der Waals surface area contributed by atoms with Crippen LogP contribution in [0.5, 0.6) is 0 Å². The van der Waals surface area contributed by atoms with Crippen molar-refractivity contribution >= 4 is 11.3 Å². The zero-order chi connectivity index (χ0) is 10.6. The Morgan fingerprint density at radius 1 is 1.43 bits per heavy atom. The van der Waals surface area contributed by atoms with Crippen molar-refractivity contribution in [3.63, 3.8) is 0 Å². The molecule has 14 heavy (non-hydrogen) atoms. The maximum Gasteiger partial charge on any atom is 0.0587 e. The van der Waals surface area contributed by atoms with Crippen molar-refractivity contribution in [2.75, 3.05) is 6.61 Å². The lowest BCUT2D eigenvalue weighted by atomic mass is 10.0. The molecule has 1 aromatic rings. The summed E-state index contributed by atoms with van der Waals surface area (Å²) in [6.07, 6.45) is 0. The molecule has 3 heteroatoms. The highest BCUT2D eigenvalue weighted by atomic mass is 32.1. The lowest BCUT2D eigenvalue weighted by molar-refractivity contribution is 0.202.